The molecular formula is C2H5N2OS. The number of carbonyl (C=O) groups is 1. The number of carbonyl (C=O) groups excluding carboxylic acids is 1. The largest absolute Gasteiger partial charge is 0.351 e. The standard InChI is InChI=1S/C2H5N2OS/c1-4(6)2(3)5/h6H,1H2,(H2,3,5). The van der Waals surface area contributed by atoms with Crippen LogP contribution in [0.25, 0.3) is 0 Å². The molecule has 0 aliphatic heterocycles. The van der Waals surface area contributed by atoms with Gasteiger partial charge in [0.15, 0.2) is 0 Å². The monoisotopic (exact) mass is 105 g/mol. The van der Waals surface area contributed by atoms with Gasteiger partial charge in [0.05, 0.1) is 7.05 Å². The average Bonchev–Trinajstić information content (AvgIpc) is 1.36. The van der Waals surface area contributed by atoms with Crippen molar-refractivity contribution in [3.8, 4) is 0 Å². The minimum Gasteiger partial charge on any atom is -0.351 e. The zero-order chi connectivity index (χ0) is 5.15. The second-order valence-corrected chi connectivity index (χ2v) is 1.22. The first-order valence-corrected chi connectivity index (χ1v) is 1.63. The Labute approximate surface area is 41.7 Å². The average molecular weight is 105 g/mol. The second kappa shape index (κ2) is 1.92. The number of nitrogens with zero attached hydrogens (tertiary/aromatic N) is 1. The van der Waals surface area contributed by atoms with E-state index in [0.29, 0.717) is 0 Å². The van der Waals surface area contributed by atoms with Gasteiger partial charge >= 0.3 is 6.03 Å². The first-order chi connectivity index (χ1) is 2.64. The molecule has 2 amide bonds. The van der Waals surface area contributed by atoms with E-state index in [1.165, 1.54) is 0 Å². The molecule has 3 nitrogen and oxygen atoms in total. The SMILES string of the molecule is [CH2]N(S)C(N)=O. The van der Waals surface area contributed by atoms with Gasteiger partial charge in [0.2, 0.25) is 0 Å². The Morgan fingerprint density at radius 2 is 2.17 bits per heavy atom. The molecule has 6 heavy (non-hydrogen) atoms. The third-order valence-electron chi connectivity index (χ3n) is 0.254. The van der Waals surface area contributed by atoms with Crippen molar-refractivity contribution in [2.45, 2.75) is 0 Å². The molecule has 0 saturated heterocycles. The molecule has 0 atom stereocenters. The summed E-state index contributed by atoms with van der Waals surface area (Å²) in [6.07, 6.45) is 0. The maximum atomic E-state index is 9.71. The van der Waals surface area contributed by atoms with Crippen LogP contribution in [0.15, 0.2) is 0 Å². The van der Waals surface area contributed by atoms with Crippen molar-refractivity contribution in [3.05, 3.63) is 7.05 Å². The molecule has 4 heteroatoms. The molecule has 0 bridgehead atoms. The van der Waals surface area contributed by atoms with Crippen LogP contribution in [0.2, 0.25) is 0 Å². The van der Waals surface area contributed by atoms with Crippen LogP contribution in [0.3, 0.4) is 0 Å². The molecule has 2 N–H and O–H groups in total. The first kappa shape index (κ1) is 5.62. The summed E-state index contributed by atoms with van der Waals surface area (Å²) < 4.78 is 0.750. The zero-order valence-corrected chi connectivity index (χ0v) is 3.98. The van der Waals surface area contributed by atoms with Crippen LogP contribution in [0.1, 0.15) is 0 Å². The normalized spacial score (nSPS) is 7.67. The highest BCUT2D eigenvalue weighted by Crippen LogP contribution is 1.83. The number of thiol groups is 1. The molecule has 0 aromatic carbocycles. The zero-order valence-electron chi connectivity index (χ0n) is 3.09. The number of primary amides is 1. The van der Waals surface area contributed by atoms with Crippen LogP contribution in [0.4, 0.5) is 4.79 Å². The van der Waals surface area contributed by atoms with E-state index in [9.17, 15) is 4.79 Å². The molecule has 0 aliphatic carbocycles. The number of hydrogen-bond acceptors (Lipinski definition) is 2. The van der Waals surface area contributed by atoms with E-state index in [1.54, 1.807) is 0 Å². The second-order valence-electron chi connectivity index (χ2n) is 0.738. The molecule has 0 aromatic heterocycles. The summed E-state index contributed by atoms with van der Waals surface area (Å²) in [7, 11) is 3.06. The molecule has 0 heterocycles. The highest BCUT2D eigenvalue weighted by Gasteiger charge is 1.90. The fraction of sp³-hybridized carbons (Fsp3) is 0. The van der Waals surface area contributed by atoms with Gasteiger partial charge in [-0.1, -0.05) is 12.8 Å². The fourth-order valence-corrected chi connectivity index (χ4v) is 0. The Kier molecular flexibility index (Phi) is 1.80. The maximum absolute atomic E-state index is 9.71. The van der Waals surface area contributed by atoms with Gasteiger partial charge in [-0.25, -0.2) is 4.79 Å². The third kappa shape index (κ3) is 1.90. The summed E-state index contributed by atoms with van der Waals surface area (Å²) in [5.41, 5.74) is 4.58. The van der Waals surface area contributed by atoms with Gasteiger partial charge in [0.25, 0.3) is 0 Å². The quantitative estimate of drug-likeness (QED) is 0.418. The molecule has 1 radical (unpaired) electrons. The van der Waals surface area contributed by atoms with Crippen LogP contribution in [0, 0.1) is 7.05 Å². The van der Waals surface area contributed by atoms with Gasteiger partial charge in [-0.15, -0.1) is 0 Å². The fourth-order valence-electron chi connectivity index (χ4n) is 0. The van der Waals surface area contributed by atoms with Gasteiger partial charge in [-0.3, -0.25) is 4.31 Å². The lowest BCUT2D eigenvalue weighted by molar-refractivity contribution is 0.242. The lowest BCUT2D eigenvalue weighted by Gasteiger charge is -1.99. The highest BCUT2D eigenvalue weighted by molar-refractivity contribution is 7.78. The smallest absolute Gasteiger partial charge is 0.324 e. The van der Waals surface area contributed by atoms with Crippen molar-refractivity contribution in [3.63, 3.8) is 0 Å². The van der Waals surface area contributed by atoms with Gasteiger partial charge in [-0.2, -0.15) is 0 Å². The summed E-state index contributed by atoms with van der Waals surface area (Å²) in [5.74, 6) is 0. The molecular weight excluding hydrogens is 100 g/mol. The van der Waals surface area contributed by atoms with E-state index in [0.717, 1.165) is 4.31 Å². The van der Waals surface area contributed by atoms with Crippen LogP contribution in [-0.2, 0) is 0 Å². The van der Waals surface area contributed by atoms with Crippen molar-refractivity contribution in [1.82, 2.24) is 4.31 Å². The van der Waals surface area contributed by atoms with E-state index >= 15 is 0 Å². The van der Waals surface area contributed by atoms with Crippen LogP contribution in [-0.4, -0.2) is 10.3 Å². The molecule has 0 spiro atoms. The van der Waals surface area contributed by atoms with E-state index in [1.807, 2.05) is 0 Å². The summed E-state index contributed by atoms with van der Waals surface area (Å²) in [4.78, 5) is 9.71. The van der Waals surface area contributed by atoms with Crippen molar-refractivity contribution >= 4 is 18.8 Å². The Morgan fingerprint density at radius 3 is 2.17 bits per heavy atom. The lowest BCUT2D eigenvalue weighted by Crippen LogP contribution is -2.21. The molecule has 0 rings (SSSR count). The van der Waals surface area contributed by atoms with Crippen molar-refractivity contribution < 1.29 is 4.79 Å². The summed E-state index contributed by atoms with van der Waals surface area (Å²) in [6.45, 7) is 0. The molecule has 0 saturated carbocycles. The Hall–Kier alpha value is -0.380. The summed E-state index contributed by atoms with van der Waals surface area (Å²) >= 11 is 3.44. The van der Waals surface area contributed by atoms with Crippen molar-refractivity contribution in [2.75, 3.05) is 0 Å². The van der Waals surface area contributed by atoms with Gasteiger partial charge in [-0.05, 0) is 0 Å². The van der Waals surface area contributed by atoms with Gasteiger partial charge in [0, 0.05) is 0 Å². The van der Waals surface area contributed by atoms with Crippen molar-refractivity contribution in [2.24, 2.45) is 5.73 Å². The van der Waals surface area contributed by atoms with E-state index in [-0.39, 0.29) is 0 Å². The van der Waals surface area contributed by atoms with Crippen molar-refractivity contribution in [1.29, 1.82) is 0 Å². The van der Waals surface area contributed by atoms with Gasteiger partial charge < -0.3 is 5.73 Å². The number of nitrogens with two attached hydrogens (primary N) is 1. The number of urea groups is 1. The number of amides is 2. The van der Waals surface area contributed by atoms with Crippen LogP contribution >= 0.6 is 12.8 Å². The highest BCUT2D eigenvalue weighted by atomic mass is 32.1. The first-order valence-electron chi connectivity index (χ1n) is 1.23. The minimum atomic E-state index is -0.654. The Morgan fingerprint density at radius 1 is 2.00 bits per heavy atom. The summed E-state index contributed by atoms with van der Waals surface area (Å²) in [5, 5.41) is 0. The van der Waals surface area contributed by atoms with Gasteiger partial charge in [0.1, 0.15) is 0 Å². The predicted octanol–water partition coefficient (Wildman–Crippen LogP) is 0.00349. The molecule has 35 valence electrons. The molecule has 0 fully saturated rings. The van der Waals surface area contributed by atoms with E-state index in [4.69, 9.17) is 0 Å². The molecule has 0 unspecified atom stereocenters. The van der Waals surface area contributed by atoms with E-state index in [2.05, 4.69) is 25.6 Å². The maximum Gasteiger partial charge on any atom is 0.324 e. The predicted molar refractivity (Wildman–Crippen MR) is 25.8 cm³/mol. The summed E-state index contributed by atoms with van der Waals surface area (Å²) in [6, 6.07) is -0.654. The topological polar surface area (TPSA) is 46.3 Å². The number of rotatable bonds is 0. The van der Waals surface area contributed by atoms with Crippen LogP contribution in [0.5, 0.6) is 0 Å². The lowest BCUT2D eigenvalue weighted by atomic mass is 11.0. The molecule has 0 aliphatic rings. The Bertz CT molecular complexity index is 62.6. The number of hydrogen-bond donors (Lipinski definition) is 2. The third-order valence-corrected chi connectivity index (χ3v) is 0.452. The van der Waals surface area contributed by atoms with E-state index < -0.39 is 6.03 Å². The van der Waals surface area contributed by atoms with Crippen LogP contribution < -0.4 is 5.73 Å². The molecule has 0 aromatic rings. The minimum absolute atomic E-state index is 0.654. The Balaban J connectivity index is 3.26.